The minimum Gasteiger partial charge on any atom is -0.446 e. The summed E-state index contributed by atoms with van der Waals surface area (Å²) in [5.41, 5.74) is 5.10. The number of aryl methyl sites for hydroxylation is 13. The topological polar surface area (TPSA) is 200 Å². The van der Waals surface area contributed by atoms with Crippen molar-refractivity contribution in [3.63, 3.8) is 0 Å². The van der Waals surface area contributed by atoms with Crippen LogP contribution in [0.3, 0.4) is 0 Å². The van der Waals surface area contributed by atoms with E-state index in [1.165, 1.54) is 5.69 Å². The minimum atomic E-state index is 0.623. The van der Waals surface area contributed by atoms with Crippen LogP contribution in [0.1, 0.15) is 81.2 Å². The van der Waals surface area contributed by atoms with Crippen LogP contribution >= 0.6 is 0 Å². The first kappa shape index (κ1) is 38.0. The van der Waals surface area contributed by atoms with Gasteiger partial charge in [-0.05, 0) is 62.3 Å². The van der Waals surface area contributed by atoms with Crippen LogP contribution in [-0.4, -0.2) is 55.3 Å². The average molecular weight is 628 g/mol. The molecule has 16 nitrogen and oxygen atoms in total. The number of rotatable bonds is 0. The Morgan fingerprint density at radius 3 is 1.02 bits per heavy atom. The summed E-state index contributed by atoms with van der Waals surface area (Å²) in [6, 6.07) is 0. The van der Waals surface area contributed by atoms with Crippen molar-refractivity contribution in [2.45, 2.75) is 96.9 Å². The fourth-order valence-electron chi connectivity index (χ4n) is 2.99. The van der Waals surface area contributed by atoms with Gasteiger partial charge < -0.3 is 22.4 Å². The molecule has 6 aromatic rings. The first-order valence-corrected chi connectivity index (χ1v) is 13.9. The molecule has 0 saturated carbocycles. The van der Waals surface area contributed by atoms with Crippen molar-refractivity contribution >= 4 is 0 Å². The Kier molecular flexibility index (Phi) is 15.7. The normalized spacial score (nSPS) is 9.67. The molecule has 16 heteroatoms. The maximum atomic E-state index is 5.10. The average Bonchev–Trinajstić information content (AvgIpc) is 3.81. The molecule has 6 rings (SSSR count). The zero-order valence-electron chi connectivity index (χ0n) is 29.0. The van der Waals surface area contributed by atoms with Gasteiger partial charge in [0.05, 0.1) is 11.4 Å². The van der Waals surface area contributed by atoms with Crippen molar-refractivity contribution in [2.24, 2.45) is 7.05 Å². The van der Waals surface area contributed by atoms with Gasteiger partial charge in [-0.25, -0.2) is 14.6 Å². The van der Waals surface area contributed by atoms with Gasteiger partial charge in [-0.15, -0.1) is 10.2 Å². The Morgan fingerprint density at radius 2 is 0.911 bits per heavy atom. The van der Waals surface area contributed by atoms with E-state index in [0.29, 0.717) is 35.2 Å². The van der Waals surface area contributed by atoms with E-state index in [1.54, 1.807) is 41.5 Å². The first-order chi connectivity index (χ1) is 21.0. The van der Waals surface area contributed by atoms with E-state index in [9.17, 15) is 0 Å². The molecular weight excluding hydrogens is 582 g/mol. The van der Waals surface area contributed by atoms with Gasteiger partial charge in [-0.2, -0.15) is 9.97 Å². The summed E-state index contributed by atoms with van der Waals surface area (Å²) >= 11 is 0. The van der Waals surface area contributed by atoms with Gasteiger partial charge in [0.25, 0.3) is 0 Å². The van der Waals surface area contributed by atoms with Crippen molar-refractivity contribution in [3.8, 4) is 0 Å². The summed E-state index contributed by atoms with van der Waals surface area (Å²) in [5, 5.41) is 21.3. The Labute approximate surface area is 263 Å². The Morgan fingerprint density at radius 1 is 0.444 bits per heavy atom. The first-order valence-electron chi connectivity index (χ1n) is 13.9. The molecule has 0 atom stereocenters. The third-order valence-electron chi connectivity index (χ3n) is 5.74. The number of oxazole rings is 1. The summed E-state index contributed by atoms with van der Waals surface area (Å²) < 4.78 is 25.6. The molecule has 0 unspecified atom stereocenters. The second-order valence-corrected chi connectivity index (χ2v) is 9.76. The smallest absolute Gasteiger partial charge is 0.223 e. The van der Waals surface area contributed by atoms with Crippen LogP contribution in [-0.2, 0) is 7.05 Å². The molecule has 0 spiro atoms. The predicted octanol–water partition coefficient (Wildman–Crippen LogP) is 5.69. The molecule has 0 aromatic carbocycles. The van der Waals surface area contributed by atoms with Crippen LogP contribution in [0.4, 0.5) is 0 Å². The Bertz CT molecular complexity index is 1490. The van der Waals surface area contributed by atoms with Crippen LogP contribution in [0.25, 0.3) is 0 Å². The van der Waals surface area contributed by atoms with Crippen LogP contribution in [0.5, 0.6) is 0 Å². The summed E-state index contributed by atoms with van der Waals surface area (Å²) in [6.45, 7) is 26.2. The molecule has 0 N–H and O–H groups in total. The van der Waals surface area contributed by atoms with Gasteiger partial charge in [0, 0.05) is 47.4 Å². The molecule has 0 aliphatic heterocycles. The molecule has 45 heavy (non-hydrogen) atoms. The summed E-state index contributed by atoms with van der Waals surface area (Å²) in [7, 11) is 2.03. The van der Waals surface area contributed by atoms with E-state index in [4.69, 9.17) is 8.83 Å². The standard InChI is InChI=1S/C7H12N2.C6H9NO.4C4H6N2O/c1-5-6(2)9(4)7(3)8-5;1-4-5(2)8-6(3)7-4;1-3-5-6-4(2)7-3;2*1-3-5-4(2)7-6-3;1-3-4(2)6-7-5-3/h1-4H3;1-3H3;4*1-2H3. The highest BCUT2D eigenvalue weighted by Crippen LogP contribution is 2.06. The Balaban J connectivity index is 0.000000271. The maximum absolute atomic E-state index is 5.10. The quantitative estimate of drug-likeness (QED) is 0.199. The third-order valence-corrected chi connectivity index (χ3v) is 5.74. The van der Waals surface area contributed by atoms with Gasteiger partial charge in [0.1, 0.15) is 23.0 Å². The van der Waals surface area contributed by atoms with Crippen LogP contribution in [0.15, 0.2) is 22.5 Å². The molecule has 0 radical (unpaired) electrons. The Hall–Kier alpha value is -5.02. The molecular formula is C29H45N11O5. The van der Waals surface area contributed by atoms with Crippen LogP contribution in [0.2, 0.25) is 0 Å². The van der Waals surface area contributed by atoms with Crippen LogP contribution in [0, 0.1) is 96.9 Å². The fourth-order valence-corrected chi connectivity index (χ4v) is 2.99. The SMILES string of the molecule is Cc1nc(C)c(C)o1.Cc1nc(C)n(C)c1C.Cc1nnc(C)o1.Cc1noc(C)n1.Cc1noc(C)n1.Cc1nonc1C. The van der Waals surface area contributed by atoms with Gasteiger partial charge in [-0.3, -0.25) is 0 Å². The maximum Gasteiger partial charge on any atom is 0.223 e. The van der Waals surface area contributed by atoms with E-state index >= 15 is 0 Å². The molecule has 6 aromatic heterocycles. The second kappa shape index (κ2) is 18.6. The lowest BCUT2D eigenvalue weighted by Crippen LogP contribution is -1.92. The molecule has 0 fully saturated rings. The van der Waals surface area contributed by atoms with Gasteiger partial charge >= 0.3 is 0 Å². The fraction of sp³-hybridized carbons (Fsp3) is 0.517. The minimum absolute atomic E-state index is 0.623. The zero-order chi connectivity index (χ0) is 34.3. The highest BCUT2D eigenvalue weighted by Gasteiger charge is 2.01. The molecule has 6 heterocycles. The van der Waals surface area contributed by atoms with E-state index in [2.05, 4.69) is 75.9 Å². The number of hydrogen-bond donors (Lipinski definition) is 0. The number of aromatic nitrogens is 11. The summed E-state index contributed by atoms with van der Waals surface area (Å²) in [5.74, 6) is 6.63. The number of hydrogen-bond acceptors (Lipinski definition) is 15. The van der Waals surface area contributed by atoms with Crippen molar-refractivity contribution < 1.29 is 22.5 Å². The molecule has 0 saturated heterocycles. The molecule has 0 aliphatic rings. The van der Waals surface area contributed by atoms with Gasteiger partial charge in [0.2, 0.25) is 23.6 Å². The van der Waals surface area contributed by atoms with Gasteiger partial charge in [0.15, 0.2) is 17.5 Å². The van der Waals surface area contributed by atoms with E-state index in [-0.39, 0.29) is 0 Å². The number of nitrogens with zero attached hydrogens (tertiary/aromatic N) is 11. The van der Waals surface area contributed by atoms with E-state index < -0.39 is 0 Å². The second-order valence-electron chi connectivity index (χ2n) is 9.76. The molecule has 0 amide bonds. The highest BCUT2D eigenvalue weighted by atomic mass is 16.6. The summed E-state index contributed by atoms with van der Waals surface area (Å²) in [4.78, 5) is 16.0. The summed E-state index contributed by atoms with van der Waals surface area (Å²) in [6.07, 6.45) is 0. The molecule has 246 valence electrons. The third kappa shape index (κ3) is 14.8. The molecule has 0 bridgehead atoms. The highest BCUT2D eigenvalue weighted by molar-refractivity contribution is 5.12. The largest absolute Gasteiger partial charge is 0.446 e. The zero-order valence-corrected chi connectivity index (χ0v) is 29.0. The van der Waals surface area contributed by atoms with Crippen molar-refractivity contribution in [2.75, 3.05) is 0 Å². The lowest BCUT2D eigenvalue weighted by Gasteiger charge is -1.94. The number of imidazole rings is 1. The predicted molar refractivity (Wildman–Crippen MR) is 163 cm³/mol. The van der Waals surface area contributed by atoms with E-state index in [0.717, 1.165) is 40.3 Å². The van der Waals surface area contributed by atoms with E-state index in [1.807, 2.05) is 55.5 Å². The lowest BCUT2D eigenvalue weighted by molar-refractivity contribution is 0.302. The lowest BCUT2D eigenvalue weighted by atomic mass is 10.4. The molecule has 0 aliphatic carbocycles. The van der Waals surface area contributed by atoms with Crippen molar-refractivity contribution in [1.29, 1.82) is 0 Å². The van der Waals surface area contributed by atoms with Crippen molar-refractivity contribution in [3.05, 3.63) is 81.2 Å². The van der Waals surface area contributed by atoms with Crippen molar-refractivity contribution in [1.82, 2.24) is 55.3 Å². The van der Waals surface area contributed by atoms with Gasteiger partial charge in [-0.1, -0.05) is 20.6 Å². The monoisotopic (exact) mass is 627 g/mol. The van der Waals surface area contributed by atoms with Crippen LogP contribution < -0.4 is 0 Å².